The molecule has 0 aromatic heterocycles. The molecule has 27 heavy (non-hydrogen) atoms. The molecular weight excluding hydrogens is 324 g/mol. The highest BCUT2D eigenvalue weighted by Gasteiger charge is 2.33. The summed E-state index contributed by atoms with van der Waals surface area (Å²) in [5, 5.41) is 8.07. The van der Waals surface area contributed by atoms with Crippen LogP contribution in [0.15, 0.2) is 84.9 Å². The minimum Gasteiger partial charge on any atom is -0.0616 e. The Morgan fingerprint density at radius 3 is 2.15 bits per heavy atom. The molecule has 0 saturated heterocycles. The number of hydrogen-bond donors (Lipinski definition) is 0. The van der Waals surface area contributed by atoms with Gasteiger partial charge in [-0.05, 0) is 66.7 Å². The van der Waals surface area contributed by atoms with Crippen LogP contribution >= 0.6 is 0 Å². The minimum atomic E-state index is -0.0195. The maximum Gasteiger partial charge on any atom is 0.0159 e. The highest BCUT2D eigenvalue weighted by Crippen LogP contribution is 2.49. The molecule has 0 aliphatic heterocycles. The van der Waals surface area contributed by atoms with Crippen molar-refractivity contribution in [3.8, 4) is 11.1 Å². The molecule has 0 saturated carbocycles. The quantitative estimate of drug-likeness (QED) is 0.256. The third-order valence-corrected chi connectivity index (χ3v) is 6.42. The van der Waals surface area contributed by atoms with Gasteiger partial charge < -0.3 is 0 Å². The van der Waals surface area contributed by atoms with E-state index < -0.39 is 0 Å². The van der Waals surface area contributed by atoms with E-state index in [-0.39, 0.29) is 5.41 Å². The minimum absolute atomic E-state index is 0.0195. The van der Waals surface area contributed by atoms with Gasteiger partial charge in [0.15, 0.2) is 0 Å². The van der Waals surface area contributed by atoms with Crippen LogP contribution in [0.4, 0.5) is 0 Å². The molecule has 0 bridgehead atoms. The van der Waals surface area contributed by atoms with Gasteiger partial charge in [0.05, 0.1) is 0 Å². The van der Waals surface area contributed by atoms with E-state index in [1.54, 1.807) is 0 Å². The van der Waals surface area contributed by atoms with E-state index in [2.05, 4.69) is 98.8 Å². The molecular formula is C27H20. The van der Waals surface area contributed by atoms with Crippen LogP contribution in [0.25, 0.3) is 43.4 Å². The monoisotopic (exact) mass is 344 g/mol. The summed E-state index contributed by atoms with van der Waals surface area (Å²) in [6.45, 7) is 4.74. The van der Waals surface area contributed by atoms with Crippen LogP contribution < -0.4 is 0 Å². The van der Waals surface area contributed by atoms with E-state index in [1.807, 2.05) is 0 Å². The molecule has 0 fully saturated rings. The molecule has 0 amide bonds. The Kier molecular flexibility index (Phi) is 2.77. The molecule has 6 rings (SSSR count). The molecule has 0 spiro atoms. The van der Waals surface area contributed by atoms with Crippen LogP contribution in [0.2, 0.25) is 0 Å². The Morgan fingerprint density at radius 2 is 1.26 bits per heavy atom. The van der Waals surface area contributed by atoms with Crippen molar-refractivity contribution in [2.45, 2.75) is 19.3 Å². The standard InChI is InChI=1S/C27H20/c1-27(2)24-12-6-9-18-8-5-11-21(26(18)24)23-15-19-14-13-17-7-3-4-10-20(17)22(19)16-25(23)27/h3-16H,1-2H3. The van der Waals surface area contributed by atoms with Gasteiger partial charge in [0.2, 0.25) is 0 Å². The van der Waals surface area contributed by atoms with Gasteiger partial charge >= 0.3 is 0 Å². The van der Waals surface area contributed by atoms with Gasteiger partial charge in [0, 0.05) is 5.41 Å². The van der Waals surface area contributed by atoms with Crippen molar-refractivity contribution >= 4 is 32.3 Å². The van der Waals surface area contributed by atoms with E-state index in [1.165, 1.54) is 54.6 Å². The van der Waals surface area contributed by atoms with Crippen LogP contribution in [0.1, 0.15) is 25.0 Å². The first-order valence-corrected chi connectivity index (χ1v) is 9.63. The zero-order valence-electron chi connectivity index (χ0n) is 15.6. The summed E-state index contributed by atoms with van der Waals surface area (Å²) in [4.78, 5) is 0. The third-order valence-electron chi connectivity index (χ3n) is 6.42. The van der Waals surface area contributed by atoms with E-state index >= 15 is 0 Å². The highest BCUT2D eigenvalue weighted by atomic mass is 14.4. The number of rotatable bonds is 0. The lowest BCUT2D eigenvalue weighted by molar-refractivity contribution is 0.646. The average Bonchev–Trinajstić information content (AvgIpc) is 2.71. The van der Waals surface area contributed by atoms with Crippen LogP contribution in [0, 0.1) is 0 Å². The van der Waals surface area contributed by atoms with Gasteiger partial charge in [0.1, 0.15) is 0 Å². The first kappa shape index (κ1) is 15.0. The SMILES string of the molecule is CC1(C)c2cc3c(ccc4ccccc43)cc2-c2cccc3cccc1c23. The van der Waals surface area contributed by atoms with E-state index in [4.69, 9.17) is 0 Å². The van der Waals surface area contributed by atoms with Gasteiger partial charge in [-0.2, -0.15) is 0 Å². The predicted molar refractivity (Wildman–Crippen MR) is 117 cm³/mol. The molecule has 0 nitrogen and oxygen atoms in total. The normalized spacial score (nSPS) is 14.6. The van der Waals surface area contributed by atoms with Crippen LogP contribution in [-0.2, 0) is 5.41 Å². The summed E-state index contributed by atoms with van der Waals surface area (Å²) in [7, 11) is 0. The van der Waals surface area contributed by atoms with Crippen molar-refractivity contribution in [2.75, 3.05) is 0 Å². The van der Waals surface area contributed by atoms with E-state index in [0.29, 0.717) is 0 Å². The van der Waals surface area contributed by atoms with Crippen molar-refractivity contribution in [3.63, 3.8) is 0 Å². The zero-order chi connectivity index (χ0) is 18.2. The van der Waals surface area contributed by atoms with Crippen molar-refractivity contribution < 1.29 is 0 Å². The topological polar surface area (TPSA) is 0 Å². The van der Waals surface area contributed by atoms with Crippen molar-refractivity contribution in [3.05, 3.63) is 96.1 Å². The Morgan fingerprint density at radius 1 is 0.519 bits per heavy atom. The maximum absolute atomic E-state index is 2.45. The van der Waals surface area contributed by atoms with Gasteiger partial charge in [-0.25, -0.2) is 0 Å². The molecule has 0 heteroatoms. The summed E-state index contributed by atoms with van der Waals surface area (Å²) in [5.74, 6) is 0. The van der Waals surface area contributed by atoms with Crippen LogP contribution in [-0.4, -0.2) is 0 Å². The van der Waals surface area contributed by atoms with Crippen molar-refractivity contribution in [1.82, 2.24) is 0 Å². The Hall–Kier alpha value is -3.12. The fourth-order valence-corrected chi connectivity index (χ4v) is 5.03. The maximum atomic E-state index is 2.45. The molecule has 1 aliphatic rings. The lowest BCUT2D eigenvalue weighted by Gasteiger charge is -2.35. The second kappa shape index (κ2) is 4.98. The number of benzene rings is 5. The summed E-state index contributed by atoms with van der Waals surface area (Å²) in [6.07, 6.45) is 0. The van der Waals surface area contributed by atoms with E-state index in [0.717, 1.165) is 0 Å². The summed E-state index contributed by atoms with van der Waals surface area (Å²) >= 11 is 0. The number of fused-ring (bicyclic) bond motifs is 5. The van der Waals surface area contributed by atoms with Gasteiger partial charge in [-0.1, -0.05) is 86.6 Å². The van der Waals surface area contributed by atoms with Crippen LogP contribution in [0.5, 0.6) is 0 Å². The van der Waals surface area contributed by atoms with Gasteiger partial charge in [0.25, 0.3) is 0 Å². The molecule has 5 aromatic rings. The highest BCUT2D eigenvalue weighted by molar-refractivity contribution is 6.11. The average molecular weight is 344 g/mol. The molecule has 0 unspecified atom stereocenters. The Bertz CT molecular complexity index is 1380. The fraction of sp³-hybridized carbons (Fsp3) is 0.111. The first-order valence-electron chi connectivity index (χ1n) is 9.63. The van der Waals surface area contributed by atoms with Gasteiger partial charge in [-0.3, -0.25) is 0 Å². The molecule has 1 aliphatic carbocycles. The van der Waals surface area contributed by atoms with E-state index in [9.17, 15) is 0 Å². The van der Waals surface area contributed by atoms with Crippen molar-refractivity contribution in [2.24, 2.45) is 0 Å². The molecule has 0 atom stereocenters. The molecule has 0 heterocycles. The molecule has 128 valence electrons. The molecule has 0 N–H and O–H groups in total. The van der Waals surface area contributed by atoms with Crippen LogP contribution in [0.3, 0.4) is 0 Å². The lowest BCUT2D eigenvalue weighted by atomic mass is 9.68. The Labute approximate surface area is 159 Å². The Balaban J connectivity index is 1.83. The fourth-order valence-electron chi connectivity index (χ4n) is 5.03. The smallest absolute Gasteiger partial charge is 0.0159 e. The number of hydrogen-bond acceptors (Lipinski definition) is 0. The third kappa shape index (κ3) is 1.88. The lowest BCUT2D eigenvalue weighted by Crippen LogP contribution is -2.23. The zero-order valence-corrected chi connectivity index (χ0v) is 15.6. The summed E-state index contributed by atoms with van der Waals surface area (Å²) in [5.41, 5.74) is 5.59. The molecule has 0 radical (unpaired) electrons. The van der Waals surface area contributed by atoms with Crippen molar-refractivity contribution in [1.29, 1.82) is 0 Å². The predicted octanol–water partition coefficient (Wildman–Crippen LogP) is 7.45. The second-order valence-corrected chi connectivity index (χ2v) is 8.24. The summed E-state index contributed by atoms with van der Waals surface area (Å²) in [6, 6.07) is 31.5. The second-order valence-electron chi connectivity index (χ2n) is 8.24. The largest absolute Gasteiger partial charge is 0.0616 e. The van der Waals surface area contributed by atoms with Gasteiger partial charge in [-0.15, -0.1) is 0 Å². The first-order chi connectivity index (χ1) is 13.1. The molecule has 5 aromatic carbocycles. The summed E-state index contributed by atoms with van der Waals surface area (Å²) < 4.78 is 0.